The van der Waals surface area contributed by atoms with Crippen molar-refractivity contribution in [3.8, 4) is 0 Å². The van der Waals surface area contributed by atoms with Crippen molar-refractivity contribution >= 4 is 22.7 Å². The van der Waals surface area contributed by atoms with E-state index in [1.165, 1.54) is 0 Å². The highest BCUT2D eigenvalue weighted by atomic mass is 16.2. The molecule has 0 radical (unpaired) electrons. The number of nitrogens with zero attached hydrogens (tertiary/aromatic N) is 6. The van der Waals surface area contributed by atoms with Crippen LogP contribution in [0.25, 0.3) is 16.8 Å². The van der Waals surface area contributed by atoms with Crippen molar-refractivity contribution in [3.63, 3.8) is 0 Å². The minimum absolute atomic E-state index is 0.0592. The molecule has 1 aromatic carbocycles. The van der Waals surface area contributed by atoms with Crippen molar-refractivity contribution < 1.29 is 4.79 Å². The lowest BCUT2D eigenvalue weighted by atomic mass is 10.3. The van der Waals surface area contributed by atoms with Gasteiger partial charge >= 0.3 is 5.91 Å². The Hall–Kier alpha value is -3.29. The van der Waals surface area contributed by atoms with Crippen molar-refractivity contribution in [1.29, 1.82) is 0 Å². The van der Waals surface area contributed by atoms with E-state index in [0.29, 0.717) is 5.78 Å². The van der Waals surface area contributed by atoms with Crippen LogP contribution in [0, 0.1) is 13.8 Å². The van der Waals surface area contributed by atoms with Crippen LogP contribution in [0.5, 0.6) is 0 Å². The average Bonchev–Trinajstić information content (AvgIpc) is 3.12. The van der Waals surface area contributed by atoms with Crippen molar-refractivity contribution in [2.45, 2.75) is 13.8 Å². The molecule has 0 saturated carbocycles. The number of nitrogens with one attached hydrogen (secondary N) is 1. The molecule has 0 bridgehead atoms. The van der Waals surface area contributed by atoms with Crippen LogP contribution in [0.3, 0.4) is 0 Å². The molecule has 8 nitrogen and oxygen atoms in total. The number of imidazole rings is 1. The van der Waals surface area contributed by atoms with Crippen LogP contribution in [0.4, 0.5) is 0 Å². The third kappa shape index (κ3) is 2.20. The minimum Gasteiger partial charge on any atom is -0.264 e. The molecule has 3 aromatic heterocycles. The van der Waals surface area contributed by atoms with Gasteiger partial charge in [-0.1, -0.05) is 12.1 Å². The quantitative estimate of drug-likeness (QED) is 0.606. The number of aromatic nitrogens is 6. The van der Waals surface area contributed by atoms with E-state index < -0.39 is 5.91 Å². The molecule has 4 rings (SSSR count). The van der Waals surface area contributed by atoms with E-state index in [9.17, 15) is 4.79 Å². The van der Waals surface area contributed by atoms with Gasteiger partial charge in [-0.05, 0) is 32.0 Å². The van der Waals surface area contributed by atoms with Crippen LogP contribution < -0.4 is 5.43 Å². The van der Waals surface area contributed by atoms with E-state index in [-0.39, 0.29) is 5.82 Å². The fraction of sp³-hybridized carbons (Fsp3) is 0.133. The second-order valence-electron chi connectivity index (χ2n) is 5.23. The summed E-state index contributed by atoms with van der Waals surface area (Å²) in [6, 6.07) is 9.40. The first-order chi connectivity index (χ1) is 11.1. The molecular formula is C15H13N7O. The third-order valence-electron chi connectivity index (χ3n) is 3.50. The van der Waals surface area contributed by atoms with Gasteiger partial charge in [0.1, 0.15) is 6.33 Å². The molecule has 0 spiro atoms. The lowest BCUT2D eigenvalue weighted by Crippen LogP contribution is -2.23. The summed E-state index contributed by atoms with van der Waals surface area (Å²) in [6.45, 7) is 3.76. The molecule has 0 aliphatic carbocycles. The summed E-state index contributed by atoms with van der Waals surface area (Å²) in [5, 5.41) is 4.21. The van der Waals surface area contributed by atoms with Crippen LogP contribution in [-0.4, -0.2) is 35.1 Å². The molecule has 8 heteroatoms. The first kappa shape index (κ1) is 13.4. The highest BCUT2D eigenvalue weighted by Gasteiger charge is 2.16. The number of rotatable bonds is 2. The summed E-state index contributed by atoms with van der Waals surface area (Å²) < 4.78 is 3.10. The van der Waals surface area contributed by atoms with Gasteiger partial charge in [0.25, 0.3) is 5.78 Å². The van der Waals surface area contributed by atoms with Crippen LogP contribution >= 0.6 is 0 Å². The molecule has 114 valence electrons. The molecule has 0 aliphatic rings. The predicted molar refractivity (Wildman–Crippen MR) is 83.7 cm³/mol. The maximum atomic E-state index is 12.4. The van der Waals surface area contributed by atoms with Gasteiger partial charge in [0.2, 0.25) is 5.82 Å². The van der Waals surface area contributed by atoms with Crippen LogP contribution in [0.1, 0.15) is 22.0 Å². The largest absolute Gasteiger partial charge is 0.309 e. The number of fused-ring (bicyclic) bond motifs is 2. The van der Waals surface area contributed by atoms with Crippen LogP contribution in [0.2, 0.25) is 0 Å². The Bertz CT molecular complexity index is 1050. The van der Waals surface area contributed by atoms with E-state index in [1.54, 1.807) is 15.5 Å². The Kier molecular flexibility index (Phi) is 2.83. The van der Waals surface area contributed by atoms with E-state index in [2.05, 4.69) is 25.5 Å². The van der Waals surface area contributed by atoms with Gasteiger partial charge < -0.3 is 0 Å². The van der Waals surface area contributed by atoms with E-state index in [1.807, 2.05) is 44.2 Å². The number of benzene rings is 1. The van der Waals surface area contributed by atoms with Gasteiger partial charge in [0.05, 0.1) is 11.0 Å². The van der Waals surface area contributed by atoms with Gasteiger partial charge in [0, 0.05) is 11.4 Å². The van der Waals surface area contributed by atoms with Crippen LogP contribution in [-0.2, 0) is 0 Å². The molecule has 0 unspecified atom stereocenters. The van der Waals surface area contributed by atoms with E-state index in [0.717, 1.165) is 22.4 Å². The zero-order valence-electron chi connectivity index (χ0n) is 12.6. The summed E-state index contributed by atoms with van der Waals surface area (Å²) in [7, 11) is 0. The maximum Gasteiger partial charge on any atom is 0.309 e. The van der Waals surface area contributed by atoms with Gasteiger partial charge in [-0.25, -0.2) is 19.2 Å². The van der Waals surface area contributed by atoms with Gasteiger partial charge in [0.15, 0.2) is 0 Å². The number of para-hydroxylation sites is 2. The number of hydrogen-bond acceptors (Lipinski definition) is 5. The molecule has 1 N–H and O–H groups in total. The van der Waals surface area contributed by atoms with Gasteiger partial charge in [-0.3, -0.25) is 10.2 Å². The fourth-order valence-electron chi connectivity index (χ4n) is 2.47. The number of carbonyl (C=O) groups is 1. The minimum atomic E-state index is -0.421. The topological polar surface area (TPSA) is 90.0 Å². The lowest BCUT2D eigenvalue weighted by Gasteiger charge is -2.03. The van der Waals surface area contributed by atoms with E-state index >= 15 is 0 Å². The third-order valence-corrected chi connectivity index (χ3v) is 3.50. The maximum absolute atomic E-state index is 12.4. The second kappa shape index (κ2) is 4.87. The first-order valence-corrected chi connectivity index (χ1v) is 7.06. The second-order valence-corrected chi connectivity index (χ2v) is 5.23. The Balaban J connectivity index is 1.70. The van der Waals surface area contributed by atoms with Crippen molar-refractivity contribution in [2.24, 2.45) is 0 Å². The molecule has 1 amide bonds. The molecular weight excluding hydrogens is 294 g/mol. The molecule has 0 aliphatic heterocycles. The number of amides is 1. The zero-order valence-corrected chi connectivity index (χ0v) is 12.6. The smallest absolute Gasteiger partial charge is 0.264 e. The van der Waals surface area contributed by atoms with Crippen molar-refractivity contribution in [1.82, 2.24) is 29.2 Å². The standard InChI is InChI=1S/C15H13N7O/c1-9-7-10(2)22-15(17-9)18-13(19-22)14(23)20-21-8-16-11-5-3-4-6-12(11)21/h3-8H,1-2H3,(H,20,23). The molecule has 0 atom stereocenters. The highest BCUT2D eigenvalue weighted by Crippen LogP contribution is 2.11. The normalized spacial score (nSPS) is 11.2. The Morgan fingerprint density at radius 1 is 1.17 bits per heavy atom. The van der Waals surface area contributed by atoms with Gasteiger partial charge in [-0.15, -0.1) is 5.10 Å². The summed E-state index contributed by atoms with van der Waals surface area (Å²) in [5.41, 5.74) is 6.02. The number of aryl methyl sites for hydroxylation is 2. The summed E-state index contributed by atoms with van der Waals surface area (Å²) in [4.78, 5) is 25.1. The van der Waals surface area contributed by atoms with Crippen molar-refractivity contribution in [2.75, 3.05) is 5.43 Å². The van der Waals surface area contributed by atoms with Gasteiger partial charge in [-0.2, -0.15) is 4.98 Å². The summed E-state index contributed by atoms with van der Waals surface area (Å²) in [5.74, 6) is 0.0443. The Labute approximate surface area is 130 Å². The van der Waals surface area contributed by atoms with Crippen LogP contribution in [0.15, 0.2) is 36.7 Å². The molecule has 3 heterocycles. The monoisotopic (exact) mass is 307 g/mol. The van der Waals surface area contributed by atoms with Crippen molar-refractivity contribution in [3.05, 3.63) is 53.9 Å². The zero-order chi connectivity index (χ0) is 16.0. The SMILES string of the molecule is Cc1cc(C)n2nc(C(=O)Nn3cnc4ccccc43)nc2n1. The molecule has 0 saturated heterocycles. The molecule has 23 heavy (non-hydrogen) atoms. The highest BCUT2D eigenvalue weighted by molar-refractivity contribution is 5.97. The first-order valence-electron chi connectivity index (χ1n) is 7.06. The summed E-state index contributed by atoms with van der Waals surface area (Å²) in [6.07, 6.45) is 1.55. The molecule has 0 fully saturated rings. The number of carbonyl (C=O) groups excluding carboxylic acids is 1. The lowest BCUT2D eigenvalue weighted by molar-refractivity contribution is 0.0999. The predicted octanol–water partition coefficient (Wildman–Crippen LogP) is 1.47. The Morgan fingerprint density at radius 2 is 2.00 bits per heavy atom. The van der Waals surface area contributed by atoms with E-state index in [4.69, 9.17) is 0 Å². The summed E-state index contributed by atoms with van der Waals surface area (Å²) >= 11 is 0. The molecule has 4 aromatic rings. The fourth-order valence-corrected chi connectivity index (χ4v) is 2.47. The Morgan fingerprint density at radius 3 is 2.87 bits per heavy atom. The number of hydrogen-bond donors (Lipinski definition) is 1. The average molecular weight is 307 g/mol.